The summed E-state index contributed by atoms with van der Waals surface area (Å²) in [6, 6.07) is 11.7. The second kappa shape index (κ2) is 11.5. The van der Waals surface area contributed by atoms with E-state index in [1.54, 1.807) is 18.7 Å². The molecule has 0 fully saturated rings. The minimum atomic E-state index is -4.04. The second-order valence-electron chi connectivity index (χ2n) is 7.61. The molecule has 1 aromatic carbocycles. The average Bonchev–Trinajstić information content (AvgIpc) is 3.17. The van der Waals surface area contributed by atoms with E-state index in [0.717, 1.165) is 15.5 Å². The van der Waals surface area contributed by atoms with Gasteiger partial charge in [0.1, 0.15) is 5.75 Å². The Morgan fingerprint density at radius 3 is 2.53 bits per heavy atom. The number of nitrogens with two attached hydrogens (primary N) is 1. The second-order valence-corrected chi connectivity index (χ2v) is 11.4. The lowest BCUT2D eigenvalue weighted by atomic mass is 9.94. The predicted octanol–water partition coefficient (Wildman–Crippen LogP) is 4.73. The van der Waals surface area contributed by atoms with Gasteiger partial charge in [-0.15, -0.1) is 23.1 Å². The molecule has 1 aromatic heterocycles. The highest BCUT2D eigenvalue weighted by atomic mass is 32.2. The number of thioether (sulfide) groups is 1. The molecule has 0 radical (unpaired) electrons. The number of thiophene rings is 1. The number of hydrogen-bond acceptors (Lipinski definition) is 6. The van der Waals surface area contributed by atoms with Crippen LogP contribution in [-0.2, 0) is 11.0 Å². The number of benzene rings is 1. The molecule has 0 saturated heterocycles. The Morgan fingerprint density at radius 1 is 1.20 bits per heavy atom. The van der Waals surface area contributed by atoms with Gasteiger partial charge in [-0.2, -0.15) is 0 Å². The molecule has 0 amide bonds. The summed E-state index contributed by atoms with van der Waals surface area (Å²) < 4.78 is 16.7. The zero-order valence-electron chi connectivity index (χ0n) is 17.4. The zero-order valence-corrected chi connectivity index (χ0v) is 19.9. The van der Waals surface area contributed by atoms with Gasteiger partial charge in [-0.3, -0.25) is 9.36 Å². The Morgan fingerprint density at radius 2 is 1.90 bits per heavy atom. The summed E-state index contributed by atoms with van der Waals surface area (Å²) in [4.78, 5) is 33.4. The largest absolute Gasteiger partial charge is 0.494 e. The molecule has 0 bridgehead atoms. The van der Waals surface area contributed by atoms with Crippen molar-refractivity contribution in [2.75, 3.05) is 19.0 Å². The molecular weight excluding hydrogens is 441 g/mol. The third-order valence-corrected chi connectivity index (χ3v) is 7.47. The van der Waals surface area contributed by atoms with Gasteiger partial charge in [0.25, 0.3) is 0 Å². The van der Waals surface area contributed by atoms with Crippen molar-refractivity contribution in [1.29, 1.82) is 0 Å². The van der Waals surface area contributed by atoms with Crippen LogP contribution in [0.4, 0.5) is 0 Å². The van der Waals surface area contributed by atoms with E-state index in [4.69, 9.17) is 20.3 Å². The summed E-state index contributed by atoms with van der Waals surface area (Å²) in [7, 11) is -4.04. The smallest absolute Gasteiger partial charge is 0.325 e. The number of hydrogen-bond donors (Lipinski definition) is 3. The number of carbonyl (C=O) groups excluding carboxylic acids is 1. The SMILES string of the molecule is CSc1ccc(OCCCC(=O)c2ccc(CCC(C)(N)CCP(=O)(O)O)s2)cc1. The number of ketones is 1. The average molecular weight is 472 g/mol. The lowest BCUT2D eigenvalue weighted by molar-refractivity contribution is 0.0977. The maximum atomic E-state index is 12.4. The topological polar surface area (TPSA) is 110 Å². The molecule has 0 aliphatic heterocycles. The molecule has 0 aliphatic carbocycles. The van der Waals surface area contributed by atoms with E-state index < -0.39 is 13.1 Å². The standard InChI is InChI=1S/C21H30NO5PS2/c1-21(22,13-15-28(24,25)26)12-11-18-9-10-20(30-18)19(23)4-3-14-27-16-5-7-17(29-2)8-6-16/h5-10H,3-4,11-15,22H2,1-2H3,(H2,24,25,26). The van der Waals surface area contributed by atoms with Gasteiger partial charge >= 0.3 is 7.60 Å². The molecule has 0 saturated carbocycles. The summed E-state index contributed by atoms with van der Waals surface area (Å²) >= 11 is 3.14. The zero-order chi connectivity index (χ0) is 22.2. The minimum Gasteiger partial charge on any atom is -0.494 e. The van der Waals surface area contributed by atoms with Crippen LogP contribution < -0.4 is 10.5 Å². The van der Waals surface area contributed by atoms with Crippen LogP contribution in [0.1, 0.15) is 47.2 Å². The first-order valence-corrected chi connectivity index (χ1v) is 13.6. The Bertz CT molecular complexity index is 861. The lowest BCUT2D eigenvalue weighted by Crippen LogP contribution is -2.37. The molecule has 1 atom stereocenters. The predicted molar refractivity (Wildman–Crippen MR) is 124 cm³/mol. The molecule has 1 unspecified atom stereocenters. The summed E-state index contributed by atoms with van der Waals surface area (Å²) in [6.45, 7) is 2.30. The number of ether oxygens (including phenoxy) is 1. The quantitative estimate of drug-likeness (QED) is 0.168. The van der Waals surface area contributed by atoms with Crippen molar-refractivity contribution in [1.82, 2.24) is 0 Å². The van der Waals surface area contributed by atoms with Crippen molar-refractivity contribution in [3.8, 4) is 5.75 Å². The molecule has 4 N–H and O–H groups in total. The van der Waals surface area contributed by atoms with Crippen LogP contribution in [0.2, 0.25) is 0 Å². The van der Waals surface area contributed by atoms with Crippen molar-refractivity contribution in [3.05, 3.63) is 46.2 Å². The van der Waals surface area contributed by atoms with E-state index in [9.17, 15) is 9.36 Å². The van der Waals surface area contributed by atoms with Gasteiger partial charge in [-0.05, 0) is 75.3 Å². The number of Topliss-reactive ketones (excluding diaryl/α,β-unsaturated/α-hetero) is 1. The van der Waals surface area contributed by atoms with Gasteiger partial charge in [0, 0.05) is 21.7 Å². The maximum absolute atomic E-state index is 12.4. The highest BCUT2D eigenvalue weighted by Crippen LogP contribution is 2.37. The van der Waals surface area contributed by atoms with Crippen LogP contribution >= 0.6 is 30.7 Å². The van der Waals surface area contributed by atoms with Gasteiger partial charge in [0.15, 0.2) is 5.78 Å². The monoisotopic (exact) mass is 471 g/mol. The maximum Gasteiger partial charge on any atom is 0.325 e. The lowest BCUT2D eigenvalue weighted by Gasteiger charge is -2.24. The van der Waals surface area contributed by atoms with Crippen molar-refractivity contribution in [2.45, 2.75) is 49.5 Å². The van der Waals surface area contributed by atoms with Gasteiger partial charge < -0.3 is 20.3 Å². The third kappa shape index (κ3) is 9.33. The Balaban J connectivity index is 1.72. The van der Waals surface area contributed by atoms with Gasteiger partial charge in [0.2, 0.25) is 0 Å². The molecule has 2 aromatic rings. The van der Waals surface area contributed by atoms with Crippen molar-refractivity contribution in [3.63, 3.8) is 0 Å². The van der Waals surface area contributed by atoms with E-state index in [2.05, 4.69) is 0 Å². The first-order valence-electron chi connectivity index (χ1n) is 9.80. The molecule has 2 rings (SSSR count). The van der Waals surface area contributed by atoms with E-state index >= 15 is 0 Å². The molecule has 6 nitrogen and oxygen atoms in total. The van der Waals surface area contributed by atoms with Gasteiger partial charge in [-0.1, -0.05) is 0 Å². The van der Waals surface area contributed by atoms with Crippen molar-refractivity contribution in [2.24, 2.45) is 5.73 Å². The van der Waals surface area contributed by atoms with Crippen molar-refractivity contribution >= 4 is 36.5 Å². The fourth-order valence-electron chi connectivity index (χ4n) is 2.81. The summed E-state index contributed by atoms with van der Waals surface area (Å²) in [5.41, 5.74) is 5.51. The van der Waals surface area contributed by atoms with Crippen LogP contribution in [0.3, 0.4) is 0 Å². The molecule has 0 aliphatic rings. The molecular formula is C21H30NO5PS2. The molecule has 9 heteroatoms. The van der Waals surface area contributed by atoms with Crippen molar-refractivity contribution < 1.29 is 23.9 Å². The fraction of sp³-hybridized carbons (Fsp3) is 0.476. The Kier molecular flexibility index (Phi) is 9.60. The summed E-state index contributed by atoms with van der Waals surface area (Å²) in [5.74, 6) is 0.909. The van der Waals surface area contributed by atoms with Gasteiger partial charge in [-0.25, -0.2) is 0 Å². The normalized spacial score (nSPS) is 13.8. The van der Waals surface area contributed by atoms with Crippen LogP contribution in [-0.4, -0.2) is 40.1 Å². The molecule has 30 heavy (non-hydrogen) atoms. The van der Waals surface area contributed by atoms with E-state index in [-0.39, 0.29) is 18.4 Å². The molecule has 166 valence electrons. The van der Waals surface area contributed by atoms with E-state index in [1.807, 2.05) is 42.7 Å². The minimum absolute atomic E-state index is 0.101. The Labute approximate surface area is 186 Å². The highest BCUT2D eigenvalue weighted by molar-refractivity contribution is 7.98. The first-order chi connectivity index (χ1) is 14.1. The molecule has 1 heterocycles. The summed E-state index contributed by atoms with van der Waals surface area (Å²) in [6.07, 6.45) is 4.44. The van der Waals surface area contributed by atoms with Crippen LogP contribution in [0, 0.1) is 0 Å². The van der Waals surface area contributed by atoms with Crippen LogP contribution in [0.25, 0.3) is 0 Å². The molecule has 0 spiro atoms. The van der Waals surface area contributed by atoms with Crippen LogP contribution in [0.15, 0.2) is 41.3 Å². The number of rotatable bonds is 13. The summed E-state index contributed by atoms with van der Waals surface area (Å²) in [5, 5.41) is 0. The third-order valence-electron chi connectivity index (χ3n) is 4.73. The first kappa shape index (κ1) is 25.1. The van der Waals surface area contributed by atoms with E-state index in [0.29, 0.717) is 32.3 Å². The van der Waals surface area contributed by atoms with Gasteiger partial charge in [0.05, 0.1) is 17.6 Å². The van der Waals surface area contributed by atoms with Crippen LogP contribution in [0.5, 0.6) is 5.75 Å². The highest BCUT2D eigenvalue weighted by Gasteiger charge is 2.24. The number of aryl methyl sites for hydroxylation is 1. The Hall–Kier alpha value is -1.15. The fourth-order valence-corrected chi connectivity index (χ4v) is 5.00. The van der Waals surface area contributed by atoms with E-state index in [1.165, 1.54) is 16.2 Å². The number of carbonyl (C=O) groups is 1.